The smallest absolute Gasteiger partial charge is 0.256 e. The van der Waals surface area contributed by atoms with Crippen molar-refractivity contribution in [2.45, 2.75) is 6.61 Å². The Labute approximate surface area is 200 Å². The molecule has 0 saturated carbocycles. The van der Waals surface area contributed by atoms with E-state index in [0.717, 1.165) is 5.69 Å². The predicted octanol–water partition coefficient (Wildman–Crippen LogP) is 4.97. The van der Waals surface area contributed by atoms with Crippen LogP contribution in [0, 0.1) is 5.82 Å². The van der Waals surface area contributed by atoms with Crippen LogP contribution in [-0.2, 0) is 11.3 Å². The van der Waals surface area contributed by atoms with Crippen LogP contribution < -0.4 is 16.0 Å². The Kier molecular flexibility index (Phi) is 5.99. The molecule has 1 aliphatic heterocycles. The van der Waals surface area contributed by atoms with E-state index in [1.807, 2.05) is 30.3 Å². The first-order valence-corrected chi connectivity index (χ1v) is 11.0. The Morgan fingerprint density at radius 2 is 1.91 bits per heavy atom. The maximum atomic E-state index is 13.8. The van der Waals surface area contributed by atoms with Gasteiger partial charge in [0.2, 0.25) is 0 Å². The lowest BCUT2D eigenvalue weighted by atomic mass is 10.0. The zero-order valence-corrected chi connectivity index (χ0v) is 18.8. The Bertz CT molecular complexity index is 1420. The summed E-state index contributed by atoms with van der Waals surface area (Å²) in [6, 6.07) is 17.1. The number of rotatable bonds is 6. The molecule has 0 bridgehead atoms. The van der Waals surface area contributed by atoms with Gasteiger partial charge in [-0.3, -0.25) is 9.59 Å². The molecule has 1 aliphatic rings. The number of nitrogens with zero attached hydrogens (tertiary/aromatic N) is 1. The van der Waals surface area contributed by atoms with Crippen LogP contribution in [0.15, 0.2) is 66.9 Å². The van der Waals surface area contributed by atoms with E-state index in [4.69, 9.17) is 4.74 Å². The van der Waals surface area contributed by atoms with Gasteiger partial charge < -0.3 is 25.7 Å². The molecule has 4 aromatic rings. The fraction of sp³-hybridized carbons (Fsp3) is 0.115. The molecule has 0 fully saturated rings. The van der Waals surface area contributed by atoms with Crippen molar-refractivity contribution in [2.75, 3.05) is 29.6 Å². The van der Waals surface area contributed by atoms with E-state index in [1.165, 1.54) is 18.2 Å². The van der Waals surface area contributed by atoms with Crippen molar-refractivity contribution in [3.8, 4) is 11.3 Å². The van der Waals surface area contributed by atoms with Crippen molar-refractivity contribution in [1.82, 2.24) is 9.97 Å². The van der Waals surface area contributed by atoms with E-state index in [0.29, 0.717) is 34.0 Å². The van der Waals surface area contributed by atoms with Gasteiger partial charge in [-0.25, -0.2) is 9.37 Å². The molecule has 2 aromatic heterocycles. The second-order valence-electron chi connectivity index (χ2n) is 7.96. The fourth-order valence-corrected chi connectivity index (χ4v) is 3.99. The van der Waals surface area contributed by atoms with Crippen molar-refractivity contribution in [3.63, 3.8) is 0 Å². The third-order valence-electron chi connectivity index (χ3n) is 5.67. The molecule has 0 aliphatic carbocycles. The van der Waals surface area contributed by atoms with E-state index in [1.54, 1.807) is 25.4 Å². The molecule has 0 spiro atoms. The Morgan fingerprint density at radius 3 is 2.71 bits per heavy atom. The number of amides is 1. The molecule has 8 nitrogen and oxygen atoms in total. The lowest BCUT2D eigenvalue weighted by molar-refractivity contribution is 0.0660. The van der Waals surface area contributed by atoms with E-state index in [9.17, 15) is 14.0 Å². The molecular formula is C26H22FN5O3. The number of anilines is 4. The molecule has 0 unspecified atom stereocenters. The van der Waals surface area contributed by atoms with Gasteiger partial charge in [-0.2, -0.15) is 0 Å². The highest BCUT2D eigenvalue weighted by atomic mass is 19.1. The van der Waals surface area contributed by atoms with E-state index in [2.05, 4.69) is 25.9 Å². The minimum atomic E-state index is -0.447. The molecule has 176 valence electrons. The van der Waals surface area contributed by atoms with E-state index < -0.39 is 11.7 Å². The van der Waals surface area contributed by atoms with Crippen molar-refractivity contribution in [2.24, 2.45) is 0 Å². The first-order valence-electron chi connectivity index (χ1n) is 11.0. The van der Waals surface area contributed by atoms with Crippen LogP contribution in [-0.4, -0.2) is 35.3 Å². The number of aromatic amines is 1. The molecule has 4 N–H and O–H groups in total. The summed E-state index contributed by atoms with van der Waals surface area (Å²) >= 11 is 0. The number of hydrogen-bond donors (Lipinski definition) is 4. The topological polar surface area (TPSA) is 108 Å². The normalized spacial score (nSPS) is 12.7. The number of hydrogen-bond acceptors (Lipinski definition) is 6. The number of H-pyrrole nitrogens is 1. The number of para-hydroxylation sites is 1. The van der Waals surface area contributed by atoms with Crippen molar-refractivity contribution < 1.29 is 18.7 Å². The third kappa shape index (κ3) is 4.49. The first kappa shape index (κ1) is 22.3. The maximum absolute atomic E-state index is 13.8. The minimum absolute atomic E-state index is 0.0116. The zero-order chi connectivity index (χ0) is 24.4. The molecular weight excluding hydrogens is 449 g/mol. The summed E-state index contributed by atoms with van der Waals surface area (Å²) < 4.78 is 19.2. The molecule has 35 heavy (non-hydrogen) atoms. The summed E-state index contributed by atoms with van der Waals surface area (Å²) in [5.74, 6) is -0.685. The van der Waals surface area contributed by atoms with Crippen LogP contribution in [0.4, 0.5) is 27.3 Å². The van der Waals surface area contributed by atoms with Gasteiger partial charge in [0.05, 0.1) is 34.9 Å². The highest BCUT2D eigenvalue weighted by Gasteiger charge is 2.27. The molecule has 5 rings (SSSR count). The Balaban J connectivity index is 1.49. The number of carbonyl (C=O) groups is 2. The summed E-state index contributed by atoms with van der Waals surface area (Å²) in [5, 5.41) is 8.83. The minimum Gasteiger partial charge on any atom is -0.386 e. The second kappa shape index (κ2) is 9.40. The summed E-state index contributed by atoms with van der Waals surface area (Å²) in [6.07, 6.45) is 1.57. The number of ketones is 1. The first-order chi connectivity index (χ1) is 17.0. The van der Waals surface area contributed by atoms with Crippen molar-refractivity contribution in [1.29, 1.82) is 0 Å². The van der Waals surface area contributed by atoms with Crippen LogP contribution in [0.5, 0.6) is 0 Å². The molecule has 0 atom stereocenters. The number of halogens is 1. The average molecular weight is 471 g/mol. The number of pyridine rings is 1. The van der Waals surface area contributed by atoms with E-state index in [-0.39, 0.29) is 30.2 Å². The number of ether oxygens (including phenoxy) is 1. The number of benzene rings is 2. The van der Waals surface area contributed by atoms with Crippen LogP contribution >= 0.6 is 0 Å². The summed E-state index contributed by atoms with van der Waals surface area (Å²) in [4.78, 5) is 33.0. The van der Waals surface area contributed by atoms with Crippen LogP contribution in [0.25, 0.3) is 11.3 Å². The molecule has 2 aromatic carbocycles. The maximum Gasteiger partial charge on any atom is 0.256 e. The fourth-order valence-electron chi connectivity index (χ4n) is 3.99. The van der Waals surface area contributed by atoms with E-state index >= 15 is 0 Å². The number of Topliss-reactive ketones (excluding diaryl/α,β-unsaturated/α-hetero) is 1. The van der Waals surface area contributed by atoms with Crippen molar-refractivity contribution >= 4 is 34.6 Å². The largest absolute Gasteiger partial charge is 0.386 e. The SMILES string of the molecule is CNc1cc(C(=O)Nc2cc(-c3[nH]c4c(c3Nc3ccccc3)C(=O)COC4)ccn2)ccc1F. The molecule has 0 saturated heterocycles. The summed E-state index contributed by atoms with van der Waals surface area (Å²) in [5.41, 5.74) is 4.61. The standard InChI is InChI=1S/C26H22FN5O3/c1-28-19-11-16(7-8-18(19)27)26(34)32-22-12-15(9-10-29-22)24-25(30-17-5-3-2-4-6-17)23-20(31-24)13-35-14-21(23)33/h2-12,28,30-31H,13-14H2,1H3,(H,29,32,34). The second-order valence-corrected chi connectivity index (χ2v) is 7.96. The Morgan fingerprint density at radius 1 is 1.09 bits per heavy atom. The van der Waals surface area contributed by atoms with Gasteiger partial charge in [-0.15, -0.1) is 0 Å². The van der Waals surface area contributed by atoms with Gasteiger partial charge >= 0.3 is 0 Å². The van der Waals surface area contributed by atoms with Gasteiger partial charge in [0.1, 0.15) is 18.2 Å². The quantitative estimate of drug-likeness (QED) is 0.316. The lowest BCUT2D eigenvalue weighted by Gasteiger charge is -2.14. The summed E-state index contributed by atoms with van der Waals surface area (Å²) in [7, 11) is 1.58. The lowest BCUT2D eigenvalue weighted by Crippen LogP contribution is -2.18. The summed E-state index contributed by atoms with van der Waals surface area (Å²) in [6.45, 7) is 0.301. The van der Waals surface area contributed by atoms with Gasteiger partial charge in [-0.1, -0.05) is 18.2 Å². The monoisotopic (exact) mass is 471 g/mol. The highest BCUT2D eigenvalue weighted by molar-refractivity contribution is 6.08. The van der Waals surface area contributed by atoms with Crippen LogP contribution in [0.1, 0.15) is 26.4 Å². The third-order valence-corrected chi connectivity index (χ3v) is 5.67. The number of fused-ring (bicyclic) bond motifs is 1. The average Bonchev–Trinajstić information content (AvgIpc) is 3.24. The van der Waals surface area contributed by atoms with Crippen LogP contribution in [0.3, 0.4) is 0 Å². The van der Waals surface area contributed by atoms with Crippen molar-refractivity contribution in [3.05, 3.63) is 89.5 Å². The molecule has 9 heteroatoms. The zero-order valence-electron chi connectivity index (χ0n) is 18.8. The van der Waals surface area contributed by atoms with Gasteiger partial charge in [0.15, 0.2) is 5.78 Å². The molecule has 3 heterocycles. The number of aromatic nitrogens is 2. The van der Waals surface area contributed by atoms with Crippen LogP contribution in [0.2, 0.25) is 0 Å². The van der Waals surface area contributed by atoms with Gasteiger partial charge in [-0.05, 0) is 42.5 Å². The molecule has 0 radical (unpaired) electrons. The van der Waals surface area contributed by atoms with Gasteiger partial charge in [0.25, 0.3) is 5.91 Å². The number of nitrogens with one attached hydrogen (secondary N) is 4. The number of carbonyl (C=O) groups excluding carboxylic acids is 2. The Hall–Kier alpha value is -4.50. The predicted molar refractivity (Wildman–Crippen MR) is 132 cm³/mol. The van der Waals surface area contributed by atoms with Gasteiger partial charge in [0, 0.05) is 30.1 Å². The molecule has 1 amide bonds. The highest BCUT2D eigenvalue weighted by Crippen LogP contribution is 2.38.